The second-order valence-corrected chi connectivity index (χ2v) is 10.3. The van der Waals surface area contributed by atoms with E-state index in [0.29, 0.717) is 10.8 Å². The molecule has 4 aliphatic rings. The zero-order valence-electron chi connectivity index (χ0n) is 12.7. The third kappa shape index (κ3) is 2.46. The maximum atomic E-state index is 4.59. The van der Waals surface area contributed by atoms with E-state index in [1.807, 2.05) is 6.20 Å². The zero-order chi connectivity index (χ0) is 14.9. The normalized spacial score (nSPS) is 44.1. The Morgan fingerprint density at radius 3 is 2.33 bits per heavy atom. The van der Waals surface area contributed by atoms with Crippen LogP contribution in [0.2, 0.25) is 0 Å². The van der Waals surface area contributed by atoms with Gasteiger partial charge in [0.25, 0.3) is 0 Å². The van der Waals surface area contributed by atoms with Crippen molar-refractivity contribution in [3.63, 3.8) is 0 Å². The fraction of sp³-hybridized carbons (Fsp3) is 0.706. The molecule has 2 unspecified atom stereocenters. The summed E-state index contributed by atoms with van der Waals surface area (Å²) >= 11 is 7.14. The van der Waals surface area contributed by atoms with Crippen LogP contribution in [0.15, 0.2) is 21.2 Å². The highest BCUT2D eigenvalue weighted by molar-refractivity contribution is 9.11. The van der Waals surface area contributed by atoms with Crippen molar-refractivity contribution in [2.75, 3.05) is 5.32 Å². The summed E-state index contributed by atoms with van der Waals surface area (Å²) in [6.07, 6.45) is 10.1. The maximum Gasteiger partial charge on any atom is 0.140 e. The topological polar surface area (TPSA) is 24.9 Å². The third-order valence-electron chi connectivity index (χ3n) is 5.82. The minimum absolute atomic E-state index is 0.256. The summed E-state index contributed by atoms with van der Waals surface area (Å²) in [5, 5.41) is 3.85. The van der Waals surface area contributed by atoms with E-state index in [1.165, 1.54) is 38.5 Å². The van der Waals surface area contributed by atoms with E-state index >= 15 is 0 Å². The van der Waals surface area contributed by atoms with E-state index in [9.17, 15) is 0 Å². The van der Waals surface area contributed by atoms with E-state index in [0.717, 1.165) is 20.7 Å². The molecule has 5 rings (SSSR count). The lowest BCUT2D eigenvalue weighted by molar-refractivity contribution is -0.0974. The van der Waals surface area contributed by atoms with Gasteiger partial charge in [0, 0.05) is 16.2 Å². The van der Waals surface area contributed by atoms with Gasteiger partial charge in [-0.3, -0.25) is 0 Å². The predicted octanol–water partition coefficient (Wildman–Crippen LogP) is 5.77. The Balaban J connectivity index is 1.68. The van der Waals surface area contributed by atoms with Crippen molar-refractivity contribution in [3.05, 3.63) is 21.2 Å². The number of rotatable bonds is 2. The van der Waals surface area contributed by atoms with E-state index in [4.69, 9.17) is 0 Å². The third-order valence-corrected chi connectivity index (χ3v) is 6.86. The molecule has 4 saturated carbocycles. The van der Waals surface area contributed by atoms with E-state index in [1.54, 1.807) is 0 Å². The Bertz CT molecular complexity index is 582. The quantitative estimate of drug-likeness (QED) is 0.665. The summed E-state index contributed by atoms with van der Waals surface area (Å²) in [5.74, 6) is 1.91. The Labute approximate surface area is 143 Å². The number of halogens is 2. The minimum Gasteiger partial charge on any atom is -0.364 e. The second kappa shape index (κ2) is 4.47. The van der Waals surface area contributed by atoms with Crippen LogP contribution in [0.1, 0.15) is 52.4 Å². The summed E-state index contributed by atoms with van der Waals surface area (Å²) < 4.78 is 2.08. The predicted molar refractivity (Wildman–Crippen MR) is 93.4 cm³/mol. The van der Waals surface area contributed by atoms with Crippen LogP contribution in [-0.4, -0.2) is 10.5 Å². The number of pyridine rings is 1. The number of anilines is 1. The van der Waals surface area contributed by atoms with Gasteiger partial charge in [-0.2, -0.15) is 0 Å². The Morgan fingerprint density at radius 1 is 1.10 bits per heavy atom. The number of aromatic nitrogens is 1. The molecule has 1 aromatic heterocycles. The maximum absolute atomic E-state index is 4.59. The summed E-state index contributed by atoms with van der Waals surface area (Å²) in [6, 6.07) is 2.08. The molecule has 1 aromatic rings. The molecule has 0 saturated heterocycles. The van der Waals surface area contributed by atoms with E-state index in [-0.39, 0.29) is 5.54 Å². The van der Waals surface area contributed by atoms with Gasteiger partial charge in [0.1, 0.15) is 5.82 Å². The molecule has 1 N–H and O–H groups in total. The highest BCUT2D eigenvalue weighted by atomic mass is 79.9. The Morgan fingerprint density at radius 2 is 1.76 bits per heavy atom. The first-order valence-electron chi connectivity index (χ1n) is 7.88. The molecule has 1 heterocycles. The smallest absolute Gasteiger partial charge is 0.140 e. The van der Waals surface area contributed by atoms with E-state index < -0.39 is 0 Å². The monoisotopic (exact) mass is 412 g/mol. The molecule has 0 amide bonds. The minimum atomic E-state index is 0.256. The molecule has 0 spiro atoms. The highest BCUT2D eigenvalue weighted by Gasteiger charge is 2.60. The van der Waals surface area contributed by atoms with Crippen LogP contribution in [0.25, 0.3) is 0 Å². The summed E-state index contributed by atoms with van der Waals surface area (Å²) in [4.78, 5) is 4.59. The average molecular weight is 414 g/mol. The first kappa shape index (κ1) is 14.5. The molecule has 0 radical (unpaired) electrons. The second-order valence-electron chi connectivity index (χ2n) is 8.52. The molecule has 21 heavy (non-hydrogen) atoms. The van der Waals surface area contributed by atoms with Crippen LogP contribution in [0.4, 0.5) is 5.82 Å². The molecule has 114 valence electrons. The fourth-order valence-electron chi connectivity index (χ4n) is 6.34. The van der Waals surface area contributed by atoms with Crippen LogP contribution < -0.4 is 5.32 Å². The molecule has 4 fully saturated rings. The SMILES string of the molecule is CC12CC3CC(C)(C1)CC(Nc1ncc(Br)cc1Br)(C3)C2. The van der Waals surface area contributed by atoms with E-state index in [2.05, 4.69) is 62.1 Å². The largest absolute Gasteiger partial charge is 0.364 e. The lowest BCUT2D eigenvalue weighted by Crippen LogP contribution is -2.61. The van der Waals surface area contributed by atoms with Gasteiger partial charge in [0.05, 0.1) is 4.47 Å². The summed E-state index contributed by atoms with van der Waals surface area (Å²) in [6.45, 7) is 5.02. The molecule has 4 aliphatic carbocycles. The summed E-state index contributed by atoms with van der Waals surface area (Å²) in [5.41, 5.74) is 1.32. The number of hydrogen-bond acceptors (Lipinski definition) is 2. The first-order chi connectivity index (χ1) is 9.79. The number of nitrogens with zero attached hydrogens (tertiary/aromatic N) is 1. The molecule has 4 heteroatoms. The molecule has 4 bridgehead atoms. The molecule has 2 nitrogen and oxygen atoms in total. The Hall–Kier alpha value is -0.0900. The lowest BCUT2D eigenvalue weighted by atomic mass is 9.43. The molecule has 0 aromatic carbocycles. The van der Waals surface area contributed by atoms with Crippen molar-refractivity contribution >= 4 is 37.7 Å². The standard InChI is InChI=1S/C17H22Br2N2/c1-15-4-11-5-16(2,8-15)10-17(6-11,9-15)21-14-13(19)3-12(18)7-20-14/h3,7,11H,4-6,8-10H2,1-2H3,(H,20,21). The van der Waals surface area contributed by atoms with Gasteiger partial charge in [0.15, 0.2) is 0 Å². The van der Waals surface area contributed by atoms with Gasteiger partial charge in [-0.05, 0) is 93.2 Å². The zero-order valence-corrected chi connectivity index (χ0v) is 15.8. The molecular weight excluding hydrogens is 392 g/mol. The van der Waals surface area contributed by atoms with Crippen molar-refractivity contribution in [2.45, 2.75) is 57.9 Å². The van der Waals surface area contributed by atoms with Crippen molar-refractivity contribution in [2.24, 2.45) is 16.7 Å². The molecular formula is C17H22Br2N2. The van der Waals surface area contributed by atoms with Crippen LogP contribution in [0.3, 0.4) is 0 Å². The van der Waals surface area contributed by atoms with Crippen LogP contribution in [0.5, 0.6) is 0 Å². The summed E-state index contributed by atoms with van der Waals surface area (Å²) in [7, 11) is 0. The van der Waals surface area contributed by atoms with Crippen LogP contribution in [0, 0.1) is 16.7 Å². The van der Waals surface area contributed by atoms with Gasteiger partial charge in [-0.25, -0.2) is 4.98 Å². The number of nitrogens with one attached hydrogen (secondary N) is 1. The van der Waals surface area contributed by atoms with Crippen LogP contribution in [-0.2, 0) is 0 Å². The fourth-order valence-corrected chi connectivity index (χ4v) is 7.43. The van der Waals surface area contributed by atoms with Gasteiger partial charge >= 0.3 is 0 Å². The van der Waals surface area contributed by atoms with Gasteiger partial charge < -0.3 is 5.32 Å². The van der Waals surface area contributed by atoms with Crippen LogP contribution >= 0.6 is 31.9 Å². The lowest BCUT2D eigenvalue weighted by Gasteiger charge is -2.65. The number of hydrogen-bond donors (Lipinski definition) is 1. The van der Waals surface area contributed by atoms with Crippen molar-refractivity contribution in [1.29, 1.82) is 0 Å². The molecule has 2 atom stereocenters. The van der Waals surface area contributed by atoms with Crippen molar-refractivity contribution in [1.82, 2.24) is 4.98 Å². The molecule has 0 aliphatic heterocycles. The van der Waals surface area contributed by atoms with Gasteiger partial charge in [0.2, 0.25) is 0 Å². The Kier molecular flexibility index (Phi) is 3.09. The van der Waals surface area contributed by atoms with Crippen molar-refractivity contribution < 1.29 is 0 Å². The average Bonchev–Trinajstić information content (AvgIpc) is 2.28. The first-order valence-corrected chi connectivity index (χ1v) is 9.47. The highest BCUT2D eigenvalue weighted by Crippen LogP contribution is 2.66. The van der Waals surface area contributed by atoms with Gasteiger partial charge in [-0.15, -0.1) is 0 Å². The van der Waals surface area contributed by atoms with Crippen molar-refractivity contribution in [3.8, 4) is 0 Å². The van der Waals surface area contributed by atoms with Gasteiger partial charge in [-0.1, -0.05) is 13.8 Å².